The Balaban J connectivity index is 3.07. The van der Waals surface area contributed by atoms with E-state index >= 15 is 0 Å². The number of aliphatic carboxylic acids is 3. The Morgan fingerprint density at radius 3 is 2.08 bits per heavy atom. The molecule has 1 aromatic heterocycles. The van der Waals surface area contributed by atoms with E-state index in [0.717, 1.165) is 0 Å². The molecule has 4 atom stereocenters. The van der Waals surface area contributed by atoms with Gasteiger partial charge in [-0.2, -0.15) is 11.8 Å². The number of carbonyl (C=O) groups excluding carboxylic acids is 3. The van der Waals surface area contributed by atoms with Gasteiger partial charge in [-0.25, -0.2) is 9.78 Å². The molecular formula is C20H30N6O9S. The minimum Gasteiger partial charge on any atom is -0.481 e. The van der Waals surface area contributed by atoms with E-state index in [-0.39, 0.29) is 12.8 Å². The summed E-state index contributed by atoms with van der Waals surface area (Å²) in [5.41, 5.74) is 6.20. The molecule has 1 heterocycles. The third-order valence-corrected chi connectivity index (χ3v) is 5.50. The van der Waals surface area contributed by atoms with Crippen molar-refractivity contribution in [2.75, 3.05) is 12.0 Å². The first kappa shape index (κ1) is 30.4. The zero-order chi connectivity index (χ0) is 27.3. The van der Waals surface area contributed by atoms with E-state index in [4.69, 9.17) is 15.9 Å². The van der Waals surface area contributed by atoms with Gasteiger partial charge in [-0.05, 0) is 24.9 Å². The van der Waals surface area contributed by atoms with E-state index in [1.807, 2.05) is 6.26 Å². The molecule has 15 nitrogen and oxygen atoms in total. The van der Waals surface area contributed by atoms with Crippen LogP contribution >= 0.6 is 11.8 Å². The molecule has 4 unspecified atom stereocenters. The van der Waals surface area contributed by atoms with Gasteiger partial charge in [-0.15, -0.1) is 0 Å². The van der Waals surface area contributed by atoms with E-state index in [1.54, 1.807) is 0 Å². The highest BCUT2D eigenvalue weighted by Gasteiger charge is 2.31. The molecule has 0 radical (unpaired) electrons. The predicted octanol–water partition coefficient (Wildman–Crippen LogP) is -2.09. The Kier molecular flexibility index (Phi) is 13.0. The van der Waals surface area contributed by atoms with E-state index in [2.05, 4.69) is 25.9 Å². The molecule has 9 N–H and O–H groups in total. The number of rotatable bonds is 17. The van der Waals surface area contributed by atoms with Crippen molar-refractivity contribution in [1.29, 1.82) is 0 Å². The van der Waals surface area contributed by atoms with Crippen molar-refractivity contribution in [2.24, 2.45) is 5.73 Å². The molecule has 16 heteroatoms. The molecule has 1 aromatic rings. The van der Waals surface area contributed by atoms with Crippen LogP contribution in [0.15, 0.2) is 12.5 Å². The number of carbonyl (C=O) groups is 6. The van der Waals surface area contributed by atoms with Gasteiger partial charge in [-0.1, -0.05) is 0 Å². The summed E-state index contributed by atoms with van der Waals surface area (Å²) >= 11 is 1.46. The highest BCUT2D eigenvalue weighted by atomic mass is 32.2. The normalized spacial score (nSPS) is 14.1. The molecule has 0 bridgehead atoms. The fourth-order valence-corrected chi connectivity index (χ4v) is 3.43. The van der Waals surface area contributed by atoms with Crippen molar-refractivity contribution in [3.8, 4) is 0 Å². The van der Waals surface area contributed by atoms with Gasteiger partial charge in [0.1, 0.15) is 18.1 Å². The molecule has 36 heavy (non-hydrogen) atoms. The molecule has 1 rings (SSSR count). The second kappa shape index (κ2) is 15.4. The predicted molar refractivity (Wildman–Crippen MR) is 126 cm³/mol. The van der Waals surface area contributed by atoms with Gasteiger partial charge in [0.05, 0.1) is 18.8 Å². The number of carboxylic acid groups (broad SMARTS) is 3. The average molecular weight is 531 g/mol. The molecule has 0 aromatic carbocycles. The van der Waals surface area contributed by atoms with Crippen LogP contribution in [0.25, 0.3) is 0 Å². The van der Waals surface area contributed by atoms with Crippen LogP contribution in [-0.4, -0.2) is 97.1 Å². The molecule has 3 amide bonds. The van der Waals surface area contributed by atoms with Crippen LogP contribution in [0.1, 0.15) is 31.4 Å². The van der Waals surface area contributed by atoms with Crippen LogP contribution in [-0.2, 0) is 35.2 Å². The summed E-state index contributed by atoms with van der Waals surface area (Å²) < 4.78 is 0. The Labute approximate surface area is 210 Å². The quantitative estimate of drug-likeness (QED) is 0.108. The summed E-state index contributed by atoms with van der Waals surface area (Å²) in [6.07, 6.45) is 2.91. The fourth-order valence-electron chi connectivity index (χ4n) is 2.94. The van der Waals surface area contributed by atoms with Crippen LogP contribution in [0.2, 0.25) is 0 Å². The topological polar surface area (TPSA) is 254 Å². The first-order valence-corrected chi connectivity index (χ1v) is 12.1. The number of H-pyrrole nitrogens is 1. The van der Waals surface area contributed by atoms with Crippen LogP contribution in [0.4, 0.5) is 0 Å². The average Bonchev–Trinajstić information content (AvgIpc) is 3.31. The third-order valence-electron chi connectivity index (χ3n) is 4.85. The summed E-state index contributed by atoms with van der Waals surface area (Å²) in [4.78, 5) is 78.1. The minimum atomic E-state index is -1.77. The smallest absolute Gasteiger partial charge is 0.326 e. The number of hydrogen-bond acceptors (Lipinski definition) is 9. The number of nitrogens with two attached hydrogens (primary N) is 1. The standard InChI is InChI=1S/C20H30N6O9S/c1-36-5-4-11(21)17(31)24-12(2-3-15(27)28)18(32)25-13(6-10-8-22-9-23-10)19(33)26-14(20(34)35)7-16(29)30/h8-9,11-14H,2-7,21H2,1H3,(H,22,23)(H,24,31)(H,25,32)(H,26,33)(H,27,28)(H,29,30)(H,34,35). The summed E-state index contributed by atoms with van der Waals surface area (Å²) in [5, 5.41) is 34.0. The number of nitrogens with one attached hydrogen (secondary N) is 4. The minimum absolute atomic E-state index is 0.191. The Morgan fingerprint density at radius 2 is 1.56 bits per heavy atom. The van der Waals surface area contributed by atoms with E-state index in [9.17, 15) is 33.9 Å². The highest BCUT2D eigenvalue weighted by molar-refractivity contribution is 7.98. The van der Waals surface area contributed by atoms with Crippen molar-refractivity contribution in [2.45, 2.75) is 56.3 Å². The lowest BCUT2D eigenvalue weighted by Crippen LogP contribution is -2.57. The lowest BCUT2D eigenvalue weighted by molar-refractivity contribution is -0.147. The zero-order valence-electron chi connectivity index (χ0n) is 19.4. The summed E-state index contributed by atoms with van der Waals surface area (Å²) in [5.74, 6) is -6.31. The summed E-state index contributed by atoms with van der Waals surface area (Å²) in [6, 6.07) is -5.50. The molecule has 200 valence electrons. The lowest BCUT2D eigenvalue weighted by atomic mass is 10.1. The summed E-state index contributed by atoms with van der Waals surface area (Å²) in [7, 11) is 0. The van der Waals surface area contributed by atoms with Gasteiger partial charge in [0.25, 0.3) is 0 Å². The Bertz CT molecular complexity index is 927. The highest BCUT2D eigenvalue weighted by Crippen LogP contribution is 2.06. The second-order valence-electron chi connectivity index (χ2n) is 7.72. The van der Waals surface area contributed by atoms with Crippen molar-refractivity contribution in [3.63, 3.8) is 0 Å². The number of hydrogen-bond donors (Lipinski definition) is 8. The van der Waals surface area contributed by atoms with Gasteiger partial charge in [0.2, 0.25) is 17.7 Å². The Morgan fingerprint density at radius 1 is 0.944 bits per heavy atom. The van der Waals surface area contributed by atoms with Crippen LogP contribution in [0.3, 0.4) is 0 Å². The van der Waals surface area contributed by atoms with Gasteiger partial charge < -0.3 is 42.0 Å². The zero-order valence-corrected chi connectivity index (χ0v) is 20.2. The molecule has 0 aliphatic rings. The number of aromatic amines is 1. The van der Waals surface area contributed by atoms with Crippen molar-refractivity contribution in [1.82, 2.24) is 25.9 Å². The lowest BCUT2D eigenvalue weighted by Gasteiger charge is -2.24. The maximum Gasteiger partial charge on any atom is 0.326 e. The van der Waals surface area contributed by atoms with Crippen molar-refractivity contribution < 1.29 is 44.1 Å². The number of amides is 3. The molecular weight excluding hydrogens is 500 g/mol. The molecule has 0 aliphatic heterocycles. The largest absolute Gasteiger partial charge is 0.481 e. The van der Waals surface area contributed by atoms with Crippen LogP contribution in [0.5, 0.6) is 0 Å². The first-order chi connectivity index (χ1) is 16.9. The molecule has 0 aliphatic carbocycles. The maximum atomic E-state index is 13.0. The molecule has 0 saturated carbocycles. The number of thioether (sulfide) groups is 1. The maximum absolute atomic E-state index is 13.0. The fraction of sp³-hybridized carbons (Fsp3) is 0.550. The molecule has 0 saturated heterocycles. The van der Waals surface area contributed by atoms with Crippen molar-refractivity contribution >= 4 is 47.4 Å². The van der Waals surface area contributed by atoms with Crippen LogP contribution < -0.4 is 21.7 Å². The van der Waals surface area contributed by atoms with Gasteiger partial charge in [0.15, 0.2) is 0 Å². The van der Waals surface area contributed by atoms with E-state index in [0.29, 0.717) is 17.9 Å². The van der Waals surface area contributed by atoms with E-state index < -0.39 is 72.6 Å². The first-order valence-electron chi connectivity index (χ1n) is 10.7. The molecule has 0 fully saturated rings. The van der Waals surface area contributed by atoms with Gasteiger partial charge in [-0.3, -0.25) is 24.0 Å². The summed E-state index contributed by atoms with van der Waals surface area (Å²) in [6.45, 7) is 0. The third kappa shape index (κ3) is 11.2. The SMILES string of the molecule is CSCCC(N)C(=O)NC(CCC(=O)O)C(=O)NC(Cc1cnc[nH]1)C(=O)NC(CC(=O)O)C(=O)O. The number of aromatic nitrogens is 2. The van der Waals surface area contributed by atoms with Crippen LogP contribution in [0, 0.1) is 0 Å². The van der Waals surface area contributed by atoms with Gasteiger partial charge in [0, 0.05) is 24.7 Å². The van der Waals surface area contributed by atoms with E-state index in [1.165, 1.54) is 24.3 Å². The second-order valence-corrected chi connectivity index (χ2v) is 8.71. The number of nitrogens with zero attached hydrogens (tertiary/aromatic N) is 1. The van der Waals surface area contributed by atoms with Crippen molar-refractivity contribution in [3.05, 3.63) is 18.2 Å². The number of carboxylic acids is 3. The Hall–Kier alpha value is -3.66. The molecule has 0 spiro atoms. The number of imidazole rings is 1. The monoisotopic (exact) mass is 530 g/mol. The van der Waals surface area contributed by atoms with Gasteiger partial charge >= 0.3 is 17.9 Å².